The van der Waals surface area contributed by atoms with E-state index in [2.05, 4.69) is 13.8 Å². The van der Waals surface area contributed by atoms with Gasteiger partial charge in [-0.2, -0.15) is 0 Å². The number of esters is 1. The van der Waals surface area contributed by atoms with Gasteiger partial charge in [0.25, 0.3) is 5.76 Å². The van der Waals surface area contributed by atoms with E-state index in [1.54, 1.807) is 0 Å². The number of cyclic esters (lactones) is 1. The highest BCUT2D eigenvalue weighted by Crippen LogP contribution is 2.46. The molecule has 1 aliphatic heterocycles. The third kappa shape index (κ3) is 2.96. The van der Waals surface area contributed by atoms with E-state index in [9.17, 15) is 19.6 Å². The number of phosphoric ester groups is 1. The number of hydrogen-bond acceptors (Lipinski definition) is 8. The second kappa shape index (κ2) is 5.03. The highest BCUT2D eigenvalue weighted by atomic mass is 31.2. The molecule has 10 heteroatoms. The van der Waals surface area contributed by atoms with Crippen molar-refractivity contribution >= 4 is 13.8 Å². The lowest BCUT2D eigenvalue weighted by molar-refractivity contribution is -0.147. The summed E-state index contributed by atoms with van der Waals surface area (Å²) in [7, 11) is -3.67. The van der Waals surface area contributed by atoms with Gasteiger partial charge in [0.15, 0.2) is 11.9 Å². The van der Waals surface area contributed by atoms with E-state index in [-0.39, 0.29) is 0 Å². The van der Waals surface area contributed by atoms with Gasteiger partial charge in [-0.3, -0.25) is 9.42 Å². The first-order valence-electron chi connectivity index (χ1n) is 4.33. The van der Waals surface area contributed by atoms with Gasteiger partial charge >= 0.3 is 13.8 Å². The normalized spacial score (nSPS) is 25.4. The van der Waals surface area contributed by atoms with Gasteiger partial charge in [0.05, 0.1) is 6.61 Å². The maximum atomic E-state index is 11.2. The first-order valence-corrected chi connectivity index (χ1v) is 5.83. The molecule has 3 atom stereocenters. The SMILES string of the molecule is COP(=O)(O)OC1=C(O)[C@@H]([C@@H](O)CO)OC1=O. The van der Waals surface area contributed by atoms with E-state index in [1.807, 2.05) is 0 Å². The molecule has 0 saturated carbocycles. The number of carbonyl (C=O) groups excluding carboxylic acids is 1. The Bertz CT molecular complexity index is 389. The van der Waals surface area contributed by atoms with E-state index < -0.39 is 44.1 Å². The third-order valence-corrected chi connectivity index (χ3v) is 2.77. The zero-order chi connectivity index (χ0) is 13.2. The number of aliphatic hydroxyl groups is 3. The Hall–Kier alpha value is -1.12. The Kier molecular flexibility index (Phi) is 4.12. The van der Waals surface area contributed by atoms with E-state index in [0.29, 0.717) is 0 Å². The van der Waals surface area contributed by atoms with Crippen LogP contribution in [0, 0.1) is 0 Å². The lowest BCUT2D eigenvalue weighted by Crippen LogP contribution is -2.31. The number of carbonyl (C=O) groups is 1. The van der Waals surface area contributed by atoms with E-state index in [1.165, 1.54) is 0 Å². The maximum absolute atomic E-state index is 11.2. The molecule has 9 nitrogen and oxygen atoms in total. The molecule has 17 heavy (non-hydrogen) atoms. The molecule has 0 aromatic carbocycles. The smallest absolute Gasteiger partial charge is 0.505 e. The third-order valence-electron chi connectivity index (χ3n) is 1.90. The van der Waals surface area contributed by atoms with Crippen LogP contribution >= 0.6 is 7.82 Å². The fourth-order valence-electron chi connectivity index (χ4n) is 1.05. The molecule has 0 spiro atoms. The van der Waals surface area contributed by atoms with Crippen molar-refractivity contribution in [2.24, 2.45) is 0 Å². The average Bonchev–Trinajstić information content (AvgIpc) is 2.56. The van der Waals surface area contributed by atoms with Crippen molar-refractivity contribution in [2.45, 2.75) is 12.2 Å². The standard InChI is InChI=1S/C7H11O9P/c1-14-17(12,13)16-6-4(10)5(3(9)2-8)15-7(6)11/h3,5,8-10H,2H2,1H3,(H,12,13)/t3-,5+/m0/s1. The largest absolute Gasteiger partial charge is 0.527 e. The van der Waals surface area contributed by atoms with Gasteiger partial charge in [-0.1, -0.05) is 0 Å². The first-order chi connectivity index (χ1) is 7.82. The Balaban J connectivity index is 2.94. The van der Waals surface area contributed by atoms with Crippen LogP contribution in [0.5, 0.6) is 0 Å². The molecule has 1 aliphatic rings. The van der Waals surface area contributed by atoms with Crippen LogP contribution < -0.4 is 0 Å². The molecule has 0 aromatic heterocycles. The van der Waals surface area contributed by atoms with Crippen LogP contribution in [0.1, 0.15) is 0 Å². The summed E-state index contributed by atoms with van der Waals surface area (Å²) in [5.41, 5.74) is 0. The van der Waals surface area contributed by atoms with Crippen LogP contribution in [0.15, 0.2) is 11.5 Å². The fraction of sp³-hybridized carbons (Fsp3) is 0.571. The van der Waals surface area contributed by atoms with Crippen LogP contribution in [-0.4, -0.2) is 52.1 Å². The summed E-state index contributed by atoms with van der Waals surface area (Å²) in [6.07, 6.45) is -3.11. The summed E-state index contributed by atoms with van der Waals surface area (Å²) in [5, 5.41) is 27.2. The van der Waals surface area contributed by atoms with Gasteiger partial charge in [0, 0.05) is 7.11 Å². The molecular weight excluding hydrogens is 259 g/mol. The number of aliphatic hydroxyl groups excluding tert-OH is 3. The average molecular weight is 270 g/mol. The minimum Gasteiger partial charge on any atom is -0.505 e. The van der Waals surface area contributed by atoms with Crippen molar-refractivity contribution in [3.8, 4) is 0 Å². The number of phosphoric acid groups is 1. The highest BCUT2D eigenvalue weighted by Gasteiger charge is 2.43. The summed E-state index contributed by atoms with van der Waals surface area (Å²) >= 11 is 0. The van der Waals surface area contributed by atoms with E-state index in [4.69, 9.17) is 10.00 Å². The summed E-state index contributed by atoms with van der Waals surface area (Å²) < 4.78 is 23.8. The fourth-order valence-corrected chi connectivity index (χ4v) is 1.52. The van der Waals surface area contributed by atoms with Crippen molar-refractivity contribution in [3.05, 3.63) is 11.5 Å². The number of rotatable bonds is 5. The minimum atomic E-state index is -4.53. The van der Waals surface area contributed by atoms with Crippen molar-refractivity contribution in [3.63, 3.8) is 0 Å². The van der Waals surface area contributed by atoms with Gasteiger partial charge in [0.2, 0.25) is 0 Å². The lowest BCUT2D eigenvalue weighted by atomic mass is 10.2. The molecule has 0 fully saturated rings. The minimum absolute atomic E-state index is 0.781. The van der Waals surface area contributed by atoms with Crippen molar-refractivity contribution in [1.82, 2.24) is 0 Å². The topological polar surface area (TPSA) is 143 Å². The summed E-state index contributed by atoms with van der Waals surface area (Å²) in [6, 6.07) is 0. The second-order valence-corrected chi connectivity index (χ2v) is 4.52. The zero-order valence-corrected chi connectivity index (χ0v) is 9.53. The Morgan fingerprint density at radius 3 is 2.65 bits per heavy atom. The molecule has 0 saturated heterocycles. The predicted octanol–water partition coefficient (Wildman–Crippen LogP) is -1.20. The molecule has 1 heterocycles. The van der Waals surface area contributed by atoms with E-state index in [0.717, 1.165) is 7.11 Å². The monoisotopic (exact) mass is 270 g/mol. The summed E-state index contributed by atoms with van der Waals surface area (Å²) in [4.78, 5) is 20.1. The van der Waals surface area contributed by atoms with E-state index >= 15 is 0 Å². The Morgan fingerprint density at radius 1 is 1.59 bits per heavy atom. The molecule has 0 aliphatic carbocycles. The summed E-state index contributed by atoms with van der Waals surface area (Å²) in [6.45, 7) is -0.781. The quantitative estimate of drug-likeness (QED) is 0.357. The first kappa shape index (κ1) is 13.9. The van der Waals surface area contributed by atoms with Gasteiger partial charge < -0.3 is 24.6 Å². The second-order valence-electron chi connectivity index (χ2n) is 3.03. The molecule has 0 aromatic rings. The van der Waals surface area contributed by atoms with Crippen molar-refractivity contribution in [2.75, 3.05) is 13.7 Å². The van der Waals surface area contributed by atoms with Gasteiger partial charge in [0.1, 0.15) is 6.10 Å². The maximum Gasteiger partial charge on any atom is 0.527 e. The van der Waals surface area contributed by atoms with Crippen LogP contribution in [0.4, 0.5) is 0 Å². The van der Waals surface area contributed by atoms with Crippen LogP contribution in [0.3, 0.4) is 0 Å². The number of ether oxygens (including phenoxy) is 1. The van der Waals surface area contributed by atoms with Gasteiger partial charge in [-0.05, 0) is 0 Å². The molecule has 0 amide bonds. The zero-order valence-electron chi connectivity index (χ0n) is 8.64. The van der Waals surface area contributed by atoms with Gasteiger partial charge in [-0.25, -0.2) is 9.36 Å². The van der Waals surface area contributed by atoms with Crippen LogP contribution in [-0.2, 0) is 23.1 Å². The molecule has 1 rings (SSSR count). The molecule has 0 bridgehead atoms. The summed E-state index contributed by atoms with van der Waals surface area (Å²) in [5.74, 6) is -3.07. The molecule has 1 unspecified atom stereocenters. The molecule has 98 valence electrons. The van der Waals surface area contributed by atoms with Gasteiger partial charge in [-0.15, -0.1) is 0 Å². The Morgan fingerprint density at radius 2 is 2.18 bits per heavy atom. The molecular formula is C7H11O9P. The number of hydrogen-bond donors (Lipinski definition) is 4. The predicted molar refractivity (Wildman–Crippen MR) is 50.5 cm³/mol. The molecule has 4 N–H and O–H groups in total. The van der Waals surface area contributed by atoms with Crippen molar-refractivity contribution < 1.29 is 43.4 Å². The van der Waals surface area contributed by atoms with Crippen LogP contribution in [0.25, 0.3) is 0 Å². The van der Waals surface area contributed by atoms with Crippen LogP contribution in [0.2, 0.25) is 0 Å². The van der Waals surface area contributed by atoms with Crippen molar-refractivity contribution in [1.29, 1.82) is 0 Å². The Labute approximate surface area is 95.5 Å². The lowest BCUT2D eigenvalue weighted by Gasteiger charge is -2.14. The molecule has 0 radical (unpaired) electrons. The highest BCUT2D eigenvalue weighted by molar-refractivity contribution is 7.47.